The van der Waals surface area contributed by atoms with E-state index < -0.39 is 20.0 Å². The lowest BCUT2D eigenvalue weighted by molar-refractivity contribution is 0.0912. The zero-order valence-corrected chi connectivity index (χ0v) is 15.7. The maximum absolute atomic E-state index is 12.9. The first-order chi connectivity index (χ1) is 11.2. The largest absolute Gasteiger partial charge is 0.377 e. The molecule has 0 spiro atoms. The van der Waals surface area contributed by atoms with Crippen molar-refractivity contribution < 1.29 is 21.6 Å². The van der Waals surface area contributed by atoms with Crippen LogP contribution in [0.4, 0.5) is 0 Å². The fourth-order valence-electron chi connectivity index (χ4n) is 3.08. The van der Waals surface area contributed by atoms with Gasteiger partial charge >= 0.3 is 0 Å². The van der Waals surface area contributed by atoms with Crippen LogP contribution in [0.2, 0.25) is 0 Å². The van der Waals surface area contributed by atoms with Crippen LogP contribution in [0.3, 0.4) is 0 Å². The maximum atomic E-state index is 12.9. The quantitative estimate of drug-likeness (QED) is 0.737. The van der Waals surface area contributed by atoms with Crippen LogP contribution >= 0.6 is 11.3 Å². The minimum absolute atomic E-state index is 0.0571. The van der Waals surface area contributed by atoms with E-state index in [1.807, 2.05) is 6.92 Å². The molecule has 2 aliphatic heterocycles. The summed E-state index contributed by atoms with van der Waals surface area (Å²) >= 11 is 0.717. The van der Waals surface area contributed by atoms with Gasteiger partial charge in [0.05, 0.1) is 6.10 Å². The van der Waals surface area contributed by atoms with Gasteiger partial charge in [-0.3, -0.25) is 0 Å². The number of likely N-dealkylation sites (N-methyl/N-ethyl adjacent to an activating group) is 1. The summed E-state index contributed by atoms with van der Waals surface area (Å²) in [6, 6.07) is 1.12. The smallest absolute Gasteiger partial charge is 0.253 e. The number of thiophene rings is 1. The maximum Gasteiger partial charge on any atom is 0.253 e. The van der Waals surface area contributed by atoms with E-state index in [9.17, 15) is 16.8 Å². The number of nitrogens with zero attached hydrogens (tertiary/aromatic N) is 1. The van der Waals surface area contributed by atoms with Gasteiger partial charge in [0.25, 0.3) is 10.0 Å². The molecule has 3 N–H and O–H groups in total. The second kappa shape index (κ2) is 6.63. The van der Waals surface area contributed by atoms with Crippen molar-refractivity contribution in [2.75, 3.05) is 26.2 Å². The lowest BCUT2D eigenvalue weighted by atomic mass is 10.1. The Morgan fingerprint density at radius 3 is 2.83 bits per heavy atom. The van der Waals surface area contributed by atoms with Crippen molar-refractivity contribution in [2.45, 2.75) is 40.3 Å². The molecule has 3 rings (SSSR count). The van der Waals surface area contributed by atoms with Crippen molar-refractivity contribution in [2.24, 2.45) is 5.14 Å². The minimum atomic E-state index is -3.94. The fraction of sp³-hybridized carbons (Fsp3) is 0.692. The molecule has 1 saturated heterocycles. The van der Waals surface area contributed by atoms with E-state index in [-0.39, 0.29) is 33.7 Å². The van der Waals surface area contributed by atoms with Gasteiger partial charge in [0.2, 0.25) is 10.0 Å². The molecule has 2 atom stereocenters. The molecule has 0 aliphatic carbocycles. The van der Waals surface area contributed by atoms with Gasteiger partial charge in [0, 0.05) is 31.3 Å². The van der Waals surface area contributed by atoms with E-state index in [1.165, 1.54) is 10.4 Å². The van der Waals surface area contributed by atoms with Crippen molar-refractivity contribution in [3.05, 3.63) is 11.6 Å². The molecular formula is C13H21N3O5S3. The molecule has 1 aromatic heterocycles. The van der Waals surface area contributed by atoms with Gasteiger partial charge in [-0.05, 0) is 25.5 Å². The lowest BCUT2D eigenvalue weighted by Gasteiger charge is -2.33. The van der Waals surface area contributed by atoms with Crippen LogP contribution < -0.4 is 10.5 Å². The highest BCUT2D eigenvalue weighted by Gasteiger charge is 2.41. The molecule has 2 unspecified atom stereocenters. The molecule has 0 saturated carbocycles. The first-order valence-corrected chi connectivity index (χ1v) is 11.6. The third-order valence-electron chi connectivity index (χ3n) is 4.20. The first kappa shape index (κ1) is 18.2. The summed E-state index contributed by atoms with van der Waals surface area (Å²) in [7, 11) is -7.69. The zero-order chi connectivity index (χ0) is 17.5. The fourth-order valence-corrected chi connectivity index (χ4v) is 7.38. The highest BCUT2D eigenvalue weighted by atomic mass is 32.3. The molecule has 11 heteroatoms. The van der Waals surface area contributed by atoms with Crippen LogP contribution in [0, 0.1) is 0 Å². The molecule has 0 radical (unpaired) electrons. The first-order valence-electron chi connectivity index (χ1n) is 7.75. The normalized spacial score (nSPS) is 27.2. The SMILES string of the molecule is CCNC1CN(CC2CCCO2)S(=O)(=O)c2sc(S(N)(=O)=O)cc21. The van der Waals surface area contributed by atoms with E-state index in [4.69, 9.17) is 9.88 Å². The zero-order valence-electron chi connectivity index (χ0n) is 13.3. The number of hydrogen-bond donors (Lipinski definition) is 2. The molecule has 2 aliphatic rings. The number of ether oxygens (including phenoxy) is 1. The number of hydrogen-bond acceptors (Lipinski definition) is 7. The van der Waals surface area contributed by atoms with Gasteiger partial charge in [-0.2, -0.15) is 4.31 Å². The third-order valence-corrected chi connectivity index (χ3v) is 9.13. The second-order valence-electron chi connectivity index (χ2n) is 5.92. The minimum Gasteiger partial charge on any atom is -0.377 e. The number of nitrogens with two attached hydrogens (primary N) is 1. The third kappa shape index (κ3) is 3.39. The highest BCUT2D eigenvalue weighted by Crippen LogP contribution is 2.40. The molecule has 0 amide bonds. The van der Waals surface area contributed by atoms with Gasteiger partial charge in [0.15, 0.2) is 0 Å². The molecule has 24 heavy (non-hydrogen) atoms. The Morgan fingerprint density at radius 1 is 1.50 bits per heavy atom. The van der Waals surface area contributed by atoms with Crippen LogP contribution in [0.1, 0.15) is 31.4 Å². The number of rotatable bonds is 5. The van der Waals surface area contributed by atoms with E-state index in [1.54, 1.807) is 0 Å². The summed E-state index contributed by atoms with van der Waals surface area (Å²) in [4.78, 5) is 0. The van der Waals surface area contributed by atoms with Crippen LogP contribution in [0.5, 0.6) is 0 Å². The molecule has 8 nitrogen and oxygen atoms in total. The summed E-state index contributed by atoms with van der Waals surface area (Å²) in [5, 5.41) is 8.40. The summed E-state index contributed by atoms with van der Waals surface area (Å²) in [6.07, 6.45) is 1.65. The topological polar surface area (TPSA) is 119 Å². The molecule has 136 valence electrons. The Bertz CT molecular complexity index is 812. The summed E-state index contributed by atoms with van der Waals surface area (Å²) in [5.74, 6) is 0. The average molecular weight is 396 g/mol. The van der Waals surface area contributed by atoms with Crippen LogP contribution in [0.15, 0.2) is 14.5 Å². The van der Waals surface area contributed by atoms with E-state index in [0.29, 0.717) is 18.7 Å². The Kier molecular flexibility index (Phi) is 5.04. The van der Waals surface area contributed by atoms with Crippen LogP contribution in [-0.4, -0.2) is 53.5 Å². The van der Waals surface area contributed by atoms with Gasteiger partial charge in [-0.15, -0.1) is 11.3 Å². The summed E-state index contributed by atoms with van der Waals surface area (Å²) in [5.41, 5.74) is 0.481. The molecule has 1 aromatic rings. The van der Waals surface area contributed by atoms with Crippen LogP contribution in [-0.2, 0) is 24.8 Å². The summed E-state index contributed by atoms with van der Waals surface area (Å²) < 4.78 is 55.9. The number of primary sulfonamides is 1. The van der Waals surface area contributed by atoms with Crippen molar-refractivity contribution in [3.63, 3.8) is 0 Å². The molecule has 0 bridgehead atoms. The highest BCUT2D eigenvalue weighted by molar-refractivity contribution is 7.94. The Morgan fingerprint density at radius 2 is 2.25 bits per heavy atom. The van der Waals surface area contributed by atoms with Crippen molar-refractivity contribution >= 4 is 31.4 Å². The van der Waals surface area contributed by atoms with Gasteiger partial charge in [0.1, 0.15) is 8.42 Å². The molecule has 0 aromatic carbocycles. The Labute approximate surface area is 146 Å². The van der Waals surface area contributed by atoms with Crippen molar-refractivity contribution in [1.82, 2.24) is 9.62 Å². The lowest BCUT2D eigenvalue weighted by Crippen LogP contribution is -2.46. The molecular weight excluding hydrogens is 374 g/mol. The Hall–Kier alpha value is -0.560. The second-order valence-corrected chi connectivity index (χ2v) is 10.9. The predicted octanol–water partition coefficient (Wildman–Crippen LogP) is 0.229. The van der Waals surface area contributed by atoms with Gasteiger partial charge in [-0.25, -0.2) is 22.0 Å². The Balaban J connectivity index is 2.01. The van der Waals surface area contributed by atoms with E-state index in [0.717, 1.165) is 24.2 Å². The predicted molar refractivity (Wildman–Crippen MR) is 89.8 cm³/mol. The van der Waals surface area contributed by atoms with E-state index >= 15 is 0 Å². The van der Waals surface area contributed by atoms with Crippen molar-refractivity contribution in [1.29, 1.82) is 0 Å². The van der Waals surface area contributed by atoms with Gasteiger partial charge < -0.3 is 10.1 Å². The van der Waals surface area contributed by atoms with E-state index in [2.05, 4.69) is 5.32 Å². The standard InChI is InChI=1S/C13H21N3O5S3/c1-2-15-11-8-16(7-9-4-3-5-21-9)24(19,20)13-10(11)6-12(22-13)23(14,17)18/h6,9,11,15H,2-5,7-8H2,1H3,(H2,14,17,18). The summed E-state index contributed by atoms with van der Waals surface area (Å²) in [6.45, 7) is 3.74. The van der Waals surface area contributed by atoms with Crippen LogP contribution in [0.25, 0.3) is 0 Å². The molecule has 1 fully saturated rings. The van der Waals surface area contributed by atoms with Crippen molar-refractivity contribution in [3.8, 4) is 0 Å². The molecule has 3 heterocycles. The average Bonchev–Trinajstić information content (AvgIpc) is 3.13. The monoisotopic (exact) mass is 395 g/mol. The van der Waals surface area contributed by atoms with Gasteiger partial charge in [-0.1, -0.05) is 6.92 Å². The number of sulfonamides is 2. The number of fused-ring (bicyclic) bond motifs is 1. The number of nitrogens with one attached hydrogen (secondary N) is 1.